The fraction of sp³-hybridized carbons (Fsp3) is 0.182. The summed E-state index contributed by atoms with van der Waals surface area (Å²) in [4.78, 5) is 14.5. The first-order valence-electron chi connectivity index (χ1n) is 5.27. The number of anilines is 2. The molecule has 3 N–H and O–H groups in total. The highest BCUT2D eigenvalue weighted by Gasteiger charge is 2.12. The first kappa shape index (κ1) is 12.3. The van der Waals surface area contributed by atoms with Crippen molar-refractivity contribution in [2.24, 2.45) is 0 Å². The number of nitrogen functional groups attached to an aromatic ring is 1. The molecular formula is C11H12N4O2S. The maximum atomic E-state index is 10.7. The number of non-ortho nitro benzene ring substituents is 1. The zero-order chi connectivity index (χ0) is 13.1. The van der Waals surface area contributed by atoms with Gasteiger partial charge in [-0.05, 0) is 13.0 Å². The van der Waals surface area contributed by atoms with Crippen molar-refractivity contribution in [2.75, 3.05) is 11.1 Å². The van der Waals surface area contributed by atoms with Crippen molar-refractivity contribution in [3.8, 4) is 0 Å². The van der Waals surface area contributed by atoms with Crippen molar-refractivity contribution in [1.29, 1.82) is 0 Å². The molecule has 0 fully saturated rings. The molecule has 6 nitrogen and oxygen atoms in total. The van der Waals surface area contributed by atoms with Crippen LogP contribution < -0.4 is 11.1 Å². The SMILES string of the molecule is CC(Nc1cc(N)cc([N+](=O)[O-])c1)c1nccs1. The molecule has 1 aromatic heterocycles. The average molecular weight is 264 g/mol. The number of nitrogens with zero attached hydrogens (tertiary/aromatic N) is 2. The van der Waals surface area contributed by atoms with Gasteiger partial charge in [-0.25, -0.2) is 4.98 Å². The van der Waals surface area contributed by atoms with Crippen LogP contribution in [-0.4, -0.2) is 9.91 Å². The van der Waals surface area contributed by atoms with Crippen molar-refractivity contribution in [3.05, 3.63) is 44.9 Å². The number of benzene rings is 1. The maximum Gasteiger partial charge on any atom is 0.273 e. The van der Waals surface area contributed by atoms with E-state index >= 15 is 0 Å². The average Bonchev–Trinajstić information content (AvgIpc) is 2.81. The normalized spacial score (nSPS) is 12.1. The molecule has 0 saturated carbocycles. The van der Waals surface area contributed by atoms with Gasteiger partial charge in [0, 0.05) is 35.1 Å². The summed E-state index contributed by atoms with van der Waals surface area (Å²) < 4.78 is 0. The molecule has 1 unspecified atom stereocenters. The van der Waals surface area contributed by atoms with Crippen LogP contribution in [0.5, 0.6) is 0 Å². The molecule has 7 heteroatoms. The molecule has 0 saturated heterocycles. The number of nitro groups is 1. The Balaban J connectivity index is 2.21. The van der Waals surface area contributed by atoms with E-state index in [1.807, 2.05) is 12.3 Å². The predicted octanol–water partition coefficient (Wildman–Crippen LogP) is 2.81. The lowest BCUT2D eigenvalue weighted by Gasteiger charge is -2.12. The molecule has 1 aromatic carbocycles. The topological polar surface area (TPSA) is 94.1 Å². The Kier molecular flexibility index (Phi) is 3.42. The maximum absolute atomic E-state index is 10.7. The van der Waals surface area contributed by atoms with E-state index in [0.717, 1.165) is 5.01 Å². The van der Waals surface area contributed by atoms with Gasteiger partial charge in [-0.1, -0.05) is 0 Å². The standard InChI is InChI=1S/C11H12N4O2S/c1-7(11-13-2-3-18-11)14-9-4-8(12)5-10(6-9)15(16)17/h2-7,14H,12H2,1H3. The molecule has 0 aliphatic heterocycles. The molecule has 1 heterocycles. The molecule has 0 spiro atoms. The third-order valence-corrected chi connectivity index (χ3v) is 3.31. The number of hydrogen-bond donors (Lipinski definition) is 2. The second-order valence-electron chi connectivity index (χ2n) is 3.81. The van der Waals surface area contributed by atoms with Gasteiger partial charge < -0.3 is 11.1 Å². The summed E-state index contributed by atoms with van der Waals surface area (Å²) in [7, 11) is 0. The van der Waals surface area contributed by atoms with E-state index in [1.54, 1.807) is 12.3 Å². The van der Waals surface area contributed by atoms with E-state index in [1.165, 1.54) is 23.5 Å². The highest BCUT2D eigenvalue weighted by atomic mass is 32.1. The van der Waals surface area contributed by atoms with Crippen LogP contribution in [0.25, 0.3) is 0 Å². The quantitative estimate of drug-likeness (QED) is 0.503. The first-order valence-corrected chi connectivity index (χ1v) is 6.15. The van der Waals surface area contributed by atoms with Gasteiger partial charge >= 0.3 is 0 Å². The number of thiazole rings is 1. The van der Waals surface area contributed by atoms with E-state index in [2.05, 4.69) is 10.3 Å². The minimum atomic E-state index is -0.463. The lowest BCUT2D eigenvalue weighted by Crippen LogP contribution is -2.06. The second kappa shape index (κ2) is 5.01. The zero-order valence-electron chi connectivity index (χ0n) is 9.66. The van der Waals surface area contributed by atoms with Crippen molar-refractivity contribution in [3.63, 3.8) is 0 Å². The predicted molar refractivity (Wildman–Crippen MR) is 71.7 cm³/mol. The van der Waals surface area contributed by atoms with Crippen LogP contribution in [0.1, 0.15) is 18.0 Å². The molecule has 2 rings (SSSR count). The lowest BCUT2D eigenvalue weighted by atomic mass is 10.2. The molecule has 0 bridgehead atoms. The van der Waals surface area contributed by atoms with Gasteiger partial charge in [-0.3, -0.25) is 10.1 Å². The highest BCUT2D eigenvalue weighted by molar-refractivity contribution is 7.09. The minimum Gasteiger partial charge on any atom is -0.398 e. The summed E-state index contributed by atoms with van der Waals surface area (Å²) in [6.45, 7) is 1.94. The molecule has 94 valence electrons. The summed E-state index contributed by atoms with van der Waals surface area (Å²) in [6, 6.07) is 4.43. The van der Waals surface area contributed by atoms with E-state index < -0.39 is 4.92 Å². The summed E-state index contributed by atoms with van der Waals surface area (Å²) in [5, 5.41) is 16.7. The first-order chi connectivity index (χ1) is 8.56. The Bertz CT molecular complexity index is 556. The van der Waals surface area contributed by atoms with Crippen LogP contribution in [0, 0.1) is 10.1 Å². The van der Waals surface area contributed by atoms with Crippen LogP contribution in [0.3, 0.4) is 0 Å². The number of hydrogen-bond acceptors (Lipinski definition) is 6. The van der Waals surface area contributed by atoms with E-state index in [9.17, 15) is 10.1 Å². The monoisotopic (exact) mass is 264 g/mol. The third-order valence-electron chi connectivity index (χ3n) is 2.36. The highest BCUT2D eigenvalue weighted by Crippen LogP contribution is 2.26. The molecule has 2 aromatic rings. The third kappa shape index (κ3) is 2.75. The van der Waals surface area contributed by atoms with Gasteiger partial charge in [0.05, 0.1) is 11.0 Å². The Morgan fingerprint density at radius 1 is 1.50 bits per heavy atom. The van der Waals surface area contributed by atoms with Crippen LogP contribution >= 0.6 is 11.3 Å². The number of nitrogens with one attached hydrogen (secondary N) is 1. The largest absolute Gasteiger partial charge is 0.398 e. The second-order valence-corrected chi connectivity index (χ2v) is 4.73. The summed E-state index contributed by atoms with van der Waals surface area (Å²) in [6.07, 6.45) is 1.72. The van der Waals surface area contributed by atoms with E-state index in [4.69, 9.17) is 5.73 Å². The van der Waals surface area contributed by atoms with Gasteiger partial charge in [-0.15, -0.1) is 11.3 Å². The lowest BCUT2D eigenvalue weighted by molar-refractivity contribution is -0.384. The Hall–Kier alpha value is -2.15. The Morgan fingerprint density at radius 2 is 2.28 bits per heavy atom. The van der Waals surface area contributed by atoms with Gasteiger partial charge in [0.1, 0.15) is 5.01 Å². The number of nitrogens with two attached hydrogens (primary N) is 1. The summed E-state index contributed by atoms with van der Waals surface area (Å²) in [5.74, 6) is 0. The smallest absolute Gasteiger partial charge is 0.273 e. The molecular weight excluding hydrogens is 252 g/mol. The Labute approximate surface area is 108 Å². The molecule has 0 radical (unpaired) electrons. The van der Waals surface area contributed by atoms with Crippen LogP contribution in [0.15, 0.2) is 29.8 Å². The van der Waals surface area contributed by atoms with E-state index in [-0.39, 0.29) is 11.7 Å². The number of nitro benzene ring substituents is 1. The molecule has 18 heavy (non-hydrogen) atoms. The summed E-state index contributed by atoms with van der Waals surface area (Å²) in [5.41, 5.74) is 6.58. The van der Waals surface area contributed by atoms with Crippen LogP contribution in [-0.2, 0) is 0 Å². The number of aromatic nitrogens is 1. The van der Waals surface area contributed by atoms with E-state index in [0.29, 0.717) is 11.4 Å². The van der Waals surface area contributed by atoms with Gasteiger partial charge in [-0.2, -0.15) is 0 Å². The fourth-order valence-electron chi connectivity index (χ4n) is 1.58. The van der Waals surface area contributed by atoms with Crippen molar-refractivity contribution >= 4 is 28.4 Å². The Morgan fingerprint density at radius 3 is 2.89 bits per heavy atom. The van der Waals surface area contributed by atoms with Crippen LogP contribution in [0.2, 0.25) is 0 Å². The van der Waals surface area contributed by atoms with Crippen molar-refractivity contribution in [1.82, 2.24) is 4.98 Å². The fourth-order valence-corrected chi connectivity index (χ4v) is 2.23. The number of rotatable bonds is 4. The summed E-state index contributed by atoms with van der Waals surface area (Å²) >= 11 is 1.53. The van der Waals surface area contributed by atoms with Gasteiger partial charge in [0.2, 0.25) is 0 Å². The molecule has 1 atom stereocenters. The van der Waals surface area contributed by atoms with Crippen molar-refractivity contribution in [2.45, 2.75) is 13.0 Å². The van der Waals surface area contributed by atoms with Crippen molar-refractivity contribution < 1.29 is 4.92 Å². The van der Waals surface area contributed by atoms with Gasteiger partial charge in [0.15, 0.2) is 0 Å². The molecule has 0 aliphatic carbocycles. The zero-order valence-corrected chi connectivity index (χ0v) is 10.5. The molecule has 0 amide bonds. The van der Waals surface area contributed by atoms with Crippen LogP contribution in [0.4, 0.5) is 17.1 Å². The van der Waals surface area contributed by atoms with Gasteiger partial charge in [0.25, 0.3) is 5.69 Å². The minimum absolute atomic E-state index is 0.0218. The molecule has 0 aliphatic rings.